The fraction of sp³-hybridized carbons (Fsp3) is 0.263. The van der Waals surface area contributed by atoms with E-state index in [0.29, 0.717) is 23.6 Å². The van der Waals surface area contributed by atoms with Gasteiger partial charge in [-0.2, -0.15) is 13.2 Å². The van der Waals surface area contributed by atoms with Gasteiger partial charge in [0.05, 0.1) is 5.56 Å². The second kappa shape index (κ2) is 6.88. The van der Waals surface area contributed by atoms with Gasteiger partial charge in [0, 0.05) is 16.4 Å². The molecule has 0 aliphatic heterocycles. The number of alkyl halides is 3. The van der Waals surface area contributed by atoms with Gasteiger partial charge >= 0.3 is 6.18 Å². The Labute approximate surface area is 158 Å². The van der Waals surface area contributed by atoms with Crippen molar-refractivity contribution in [2.75, 3.05) is 10.6 Å². The van der Waals surface area contributed by atoms with E-state index in [1.807, 2.05) is 0 Å². The van der Waals surface area contributed by atoms with Crippen molar-refractivity contribution >= 4 is 34.8 Å². The monoisotopic (exact) mass is 396 g/mol. The Hall–Kier alpha value is -2.54. The van der Waals surface area contributed by atoms with Gasteiger partial charge in [-0.05, 0) is 61.7 Å². The lowest BCUT2D eigenvalue weighted by Crippen LogP contribution is -2.35. The van der Waals surface area contributed by atoms with Crippen molar-refractivity contribution in [3.8, 4) is 0 Å². The van der Waals surface area contributed by atoms with E-state index in [1.165, 1.54) is 0 Å². The van der Waals surface area contributed by atoms with Crippen molar-refractivity contribution in [1.82, 2.24) is 0 Å². The summed E-state index contributed by atoms with van der Waals surface area (Å²) in [6.07, 6.45) is -3.72. The molecule has 0 unspecified atom stereocenters. The molecule has 0 bridgehead atoms. The van der Waals surface area contributed by atoms with Crippen LogP contribution in [0.3, 0.4) is 0 Å². The molecule has 8 heteroatoms. The minimum atomic E-state index is -4.45. The van der Waals surface area contributed by atoms with Crippen molar-refractivity contribution in [3.05, 3.63) is 58.6 Å². The molecule has 0 spiro atoms. The number of benzene rings is 2. The van der Waals surface area contributed by atoms with E-state index in [2.05, 4.69) is 10.6 Å². The summed E-state index contributed by atoms with van der Waals surface area (Å²) in [6, 6.07) is 9.12. The Morgan fingerprint density at radius 1 is 1.00 bits per heavy atom. The molecule has 3 rings (SSSR count). The zero-order chi connectivity index (χ0) is 19.8. The SMILES string of the molecule is Cc1ccc(Cl)cc1NC(=O)C1(C(=O)Nc2ccc(C(F)(F)F)cc2)CC1. The molecule has 0 radical (unpaired) electrons. The summed E-state index contributed by atoms with van der Waals surface area (Å²) >= 11 is 5.93. The summed E-state index contributed by atoms with van der Waals surface area (Å²) in [5.41, 5.74) is -0.521. The molecular weight excluding hydrogens is 381 g/mol. The summed E-state index contributed by atoms with van der Waals surface area (Å²) in [7, 11) is 0. The van der Waals surface area contributed by atoms with Crippen molar-refractivity contribution in [1.29, 1.82) is 0 Å². The Morgan fingerprint density at radius 2 is 1.59 bits per heavy atom. The average Bonchev–Trinajstić information content (AvgIpc) is 3.40. The number of carbonyl (C=O) groups is 2. The van der Waals surface area contributed by atoms with E-state index in [-0.39, 0.29) is 5.69 Å². The van der Waals surface area contributed by atoms with Gasteiger partial charge in [0.15, 0.2) is 0 Å². The molecule has 2 aromatic carbocycles. The van der Waals surface area contributed by atoms with Crippen LogP contribution >= 0.6 is 11.6 Å². The third-order valence-electron chi connectivity index (χ3n) is 4.54. The van der Waals surface area contributed by atoms with Crippen LogP contribution in [0.25, 0.3) is 0 Å². The number of aryl methyl sites for hydroxylation is 1. The lowest BCUT2D eigenvalue weighted by Gasteiger charge is -2.17. The van der Waals surface area contributed by atoms with Crippen LogP contribution in [0, 0.1) is 12.3 Å². The third-order valence-corrected chi connectivity index (χ3v) is 4.77. The topological polar surface area (TPSA) is 58.2 Å². The molecule has 142 valence electrons. The van der Waals surface area contributed by atoms with Crippen molar-refractivity contribution in [2.45, 2.75) is 25.9 Å². The number of nitrogens with one attached hydrogen (secondary N) is 2. The molecule has 1 saturated carbocycles. The highest BCUT2D eigenvalue weighted by Gasteiger charge is 2.56. The van der Waals surface area contributed by atoms with Crippen LogP contribution in [0.5, 0.6) is 0 Å². The minimum absolute atomic E-state index is 0.200. The molecular formula is C19H16ClF3N2O2. The smallest absolute Gasteiger partial charge is 0.325 e. The van der Waals surface area contributed by atoms with Gasteiger partial charge in [0.1, 0.15) is 5.41 Å². The second-order valence-electron chi connectivity index (χ2n) is 6.52. The lowest BCUT2D eigenvalue weighted by atomic mass is 10.0. The molecule has 2 N–H and O–H groups in total. The maximum atomic E-state index is 12.6. The highest BCUT2D eigenvalue weighted by molar-refractivity contribution is 6.31. The minimum Gasteiger partial charge on any atom is -0.325 e. The normalized spacial score (nSPS) is 15.1. The van der Waals surface area contributed by atoms with Crippen LogP contribution in [0.1, 0.15) is 24.0 Å². The second-order valence-corrected chi connectivity index (χ2v) is 6.96. The van der Waals surface area contributed by atoms with Crippen molar-refractivity contribution in [2.24, 2.45) is 5.41 Å². The van der Waals surface area contributed by atoms with E-state index >= 15 is 0 Å². The first-order valence-corrected chi connectivity index (χ1v) is 8.56. The third kappa shape index (κ3) is 4.08. The molecule has 4 nitrogen and oxygen atoms in total. The summed E-state index contributed by atoms with van der Waals surface area (Å²) in [5, 5.41) is 5.69. The van der Waals surface area contributed by atoms with E-state index in [9.17, 15) is 22.8 Å². The number of amides is 2. The van der Waals surface area contributed by atoms with Crippen LogP contribution in [-0.2, 0) is 15.8 Å². The van der Waals surface area contributed by atoms with Crippen LogP contribution < -0.4 is 10.6 Å². The number of rotatable bonds is 4. The largest absolute Gasteiger partial charge is 0.416 e. The number of hydrogen-bond donors (Lipinski definition) is 2. The van der Waals surface area contributed by atoms with Crippen LogP contribution in [0.15, 0.2) is 42.5 Å². The van der Waals surface area contributed by atoms with Gasteiger partial charge in [-0.3, -0.25) is 9.59 Å². The molecule has 1 aliphatic carbocycles. The van der Waals surface area contributed by atoms with Crippen LogP contribution in [0.4, 0.5) is 24.5 Å². The van der Waals surface area contributed by atoms with Gasteiger partial charge in [-0.1, -0.05) is 17.7 Å². The van der Waals surface area contributed by atoms with Crippen molar-refractivity contribution in [3.63, 3.8) is 0 Å². The standard InChI is InChI=1S/C19H16ClF3N2O2/c1-11-2-5-13(20)10-15(11)25-17(27)18(8-9-18)16(26)24-14-6-3-12(4-7-14)19(21,22)23/h2-7,10H,8-9H2,1H3,(H,24,26)(H,25,27). The fourth-order valence-electron chi connectivity index (χ4n) is 2.65. The summed E-state index contributed by atoms with van der Waals surface area (Å²) in [6.45, 7) is 1.80. The first-order chi connectivity index (χ1) is 12.6. The van der Waals surface area contributed by atoms with Crippen molar-refractivity contribution < 1.29 is 22.8 Å². The molecule has 2 amide bonds. The molecule has 0 atom stereocenters. The zero-order valence-corrected chi connectivity index (χ0v) is 15.0. The highest BCUT2D eigenvalue weighted by atomic mass is 35.5. The fourth-order valence-corrected chi connectivity index (χ4v) is 2.82. The average molecular weight is 397 g/mol. The summed E-state index contributed by atoms with van der Waals surface area (Å²) in [5.74, 6) is -1.00. The first-order valence-electron chi connectivity index (χ1n) is 8.18. The van der Waals surface area contributed by atoms with Crippen LogP contribution in [-0.4, -0.2) is 11.8 Å². The van der Waals surface area contributed by atoms with Gasteiger partial charge in [0.25, 0.3) is 0 Å². The molecule has 0 heterocycles. The number of hydrogen-bond acceptors (Lipinski definition) is 2. The summed E-state index contributed by atoms with van der Waals surface area (Å²) in [4.78, 5) is 25.2. The molecule has 2 aromatic rings. The Morgan fingerprint density at radius 3 is 2.15 bits per heavy atom. The molecule has 0 aromatic heterocycles. The molecule has 1 fully saturated rings. The maximum absolute atomic E-state index is 12.6. The predicted molar refractivity (Wildman–Crippen MR) is 96.6 cm³/mol. The summed E-state index contributed by atoms with van der Waals surface area (Å²) < 4.78 is 37.8. The predicted octanol–water partition coefficient (Wildman–Crippen LogP) is 5.02. The maximum Gasteiger partial charge on any atom is 0.416 e. The van der Waals surface area contributed by atoms with E-state index < -0.39 is 29.0 Å². The van der Waals surface area contributed by atoms with E-state index in [1.54, 1.807) is 25.1 Å². The Balaban J connectivity index is 1.70. The van der Waals surface area contributed by atoms with Crippen LogP contribution in [0.2, 0.25) is 5.02 Å². The Kier molecular flexibility index (Phi) is 4.90. The highest BCUT2D eigenvalue weighted by Crippen LogP contribution is 2.47. The number of carbonyl (C=O) groups excluding carboxylic acids is 2. The van der Waals surface area contributed by atoms with E-state index in [4.69, 9.17) is 11.6 Å². The van der Waals surface area contributed by atoms with Gasteiger partial charge < -0.3 is 10.6 Å². The van der Waals surface area contributed by atoms with Gasteiger partial charge in [0.2, 0.25) is 11.8 Å². The quantitative estimate of drug-likeness (QED) is 0.712. The van der Waals surface area contributed by atoms with Gasteiger partial charge in [-0.15, -0.1) is 0 Å². The van der Waals surface area contributed by atoms with E-state index in [0.717, 1.165) is 29.8 Å². The number of anilines is 2. The lowest BCUT2D eigenvalue weighted by molar-refractivity contribution is -0.137. The van der Waals surface area contributed by atoms with Gasteiger partial charge in [-0.25, -0.2) is 0 Å². The molecule has 0 saturated heterocycles. The zero-order valence-electron chi connectivity index (χ0n) is 14.3. The Bertz CT molecular complexity index is 891. The molecule has 27 heavy (non-hydrogen) atoms. The first kappa shape index (κ1) is 19.2. The number of halogens is 4. The molecule has 1 aliphatic rings.